The van der Waals surface area contributed by atoms with Gasteiger partial charge in [-0.25, -0.2) is 9.59 Å². The molecule has 0 spiro atoms. The van der Waals surface area contributed by atoms with E-state index in [2.05, 4.69) is 5.32 Å². The van der Waals surface area contributed by atoms with Crippen LogP contribution in [0.5, 0.6) is 0 Å². The Bertz CT molecular complexity index is 648. The fourth-order valence-corrected chi connectivity index (χ4v) is 3.10. The van der Waals surface area contributed by atoms with E-state index in [0.717, 1.165) is 4.90 Å². The van der Waals surface area contributed by atoms with Gasteiger partial charge in [0.1, 0.15) is 6.04 Å². The van der Waals surface area contributed by atoms with Crippen molar-refractivity contribution in [2.24, 2.45) is 11.8 Å². The SMILES string of the molecule is CC[C@@H](C)NC(=O)NC(=O)COC(=O)[C@H](C)N1C(=O)[C@H]2CC=CC[C@H]2C1=O. The lowest BCUT2D eigenvalue weighted by atomic mass is 9.85. The second-order valence-electron chi connectivity index (χ2n) is 6.82. The summed E-state index contributed by atoms with van der Waals surface area (Å²) in [7, 11) is 0. The van der Waals surface area contributed by atoms with Gasteiger partial charge in [-0.3, -0.25) is 24.6 Å². The van der Waals surface area contributed by atoms with E-state index in [9.17, 15) is 24.0 Å². The normalized spacial score (nSPS) is 23.4. The van der Waals surface area contributed by atoms with E-state index in [1.165, 1.54) is 6.92 Å². The van der Waals surface area contributed by atoms with Crippen molar-refractivity contribution >= 4 is 29.7 Å². The summed E-state index contributed by atoms with van der Waals surface area (Å²) in [5.74, 6) is -3.34. The third-order valence-electron chi connectivity index (χ3n) is 4.86. The second-order valence-corrected chi connectivity index (χ2v) is 6.82. The van der Waals surface area contributed by atoms with Gasteiger partial charge >= 0.3 is 12.0 Å². The van der Waals surface area contributed by atoms with E-state index >= 15 is 0 Å². The van der Waals surface area contributed by atoms with Crippen molar-refractivity contribution in [2.45, 2.75) is 52.1 Å². The Labute approximate surface area is 157 Å². The number of allylic oxidation sites excluding steroid dienone is 2. The maximum Gasteiger partial charge on any atom is 0.329 e. The van der Waals surface area contributed by atoms with Crippen molar-refractivity contribution in [2.75, 3.05) is 6.61 Å². The van der Waals surface area contributed by atoms with Crippen LogP contribution in [-0.2, 0) is 23.9 Å². The molecule has 1 aliphatic heterocycles. The minimum atomic E-state index is -1.13. The largest absolute Gasteiger partial charge is 0.454 e. The minimum absolute atomic E-state index is 0.106. The highest BCUT2D eigenvalue weighted by atomic mass is 16.5. The Morgan fingerprint density at radius 3 is 2.22 bits per heavy atom. The first-order chi connectivity index (χ1) is 12.8. The summed E-state index contributed by atoms with van der Waals surface area (Å²) in [6.07, 6.45) is 5.35. The van der Waals surface area contributed by atoms with Gasteiger partial charge in [0.15, 0.2) is 6.61 Å². The Balaban J connectivity index is 1.85. The molecule has 1 heterocycles. The molecule has 9 heteroatoms. The third kappa shape index (κ3) is 4.72. The number of nitrogens with one attached hydrogen (secondary N) is 2. The number of likely N-dealkylation sites (tertiary alicyclic amines) is 1. The number of carbonyl (C=O) groups is 5. The van der Waals surface area contributed by atoms with Crippen molar-refractivity contribution in [1.82, 2.24) is 15.5 Å². The van der Waals surface area contributed by atoms with E-state index in [-0.39, 0.29) is 6.04 Å². The summed E-state index contributed by atoms with van der Waals surface area (Å²) in [6, 6.07) is -1.91. The number of rotatable bonds is 6. The molecule has 0 bridgehead atoms. The van der Waals surface area contributed by atoms with Crippen molar-refractivity contribution in [1.29, 1.82) is 0 Å². The summed E-state index contributed by atoms with van der Waals surface area (Å²) >= 11 is 0. The van der Waals surface area contributed by atoms with Crippen LogP contribution in [0, 0.1) is 11.8 Å². The third-order valence-corrected chi connectivity index (χ3v) is 4.86. The highest BCUT2D eigenvalue weighted by Gasteiger charge is 2.50. The number of ether oxygens (including phenoxy) is 1. The average Bonchev–Trinajstić information content (AvgIpc) is 2.90. The monoisotopic (exact) mass is 379 g/mol. The number of esters is 1. The number of hydrogen-bond acceptors (Lipinski definition) is 6. The average molecular weight is 379 g/mol. The first-order valence-electron chi connectivity index (χ1n) is 9.05. The van der Waals surface area contributed by atoms with Crippen LogP contribution in [0.2, 0.25) is 0 Å². The van der Waals surface area contributed by atoms with E-state index < -0.39 is 54.2 Å². The summed E-state index contributed by atoms with van der Waals surface area (Å²) in [5.41, 5.74) is 0. The molecule has 148 valence electrons. The molecule has 0 aromatic heterocycles. The lowest BCUT2D eigenvalue weighted by molar-refractivity contribution is -0.159. The zero-order chi connectivity index (χ0) is 20.1. The fraction of sp³-hybridized carbons (Fsp3) is 0.611. The van der Waals surface area contributed by atoms with E-state index in [1.807, 2.05) is 24.4 Å². The molecule has 2 aliphatic rings. The van der Waals surface area contributed by atoms with Gasteiger partial charge in [-0.2, -0.15) is 0 Å². The second kappa shape index (κ2) is 8.79. The molecular formula is C18H25N3O6. The predicted molar refractivity (Wildman–Crippen MR) is 94.1 cm³/mol. The molecule has 4 atom stereocenters. The molecule has 0 unspecified atom stereocenters. The first-order valence-corrected chi connectivity index (χ1v) is 9.05. The lowest BCUT2D eigenvalue weighted by Gasteiger charge is -2.21. The van der Waals surface area contributed by atoms with Gasteiger partial charge in [0, 0.05) is 6.04 Å². The molecule has 0 aromatic rings. The van der Waals surface area contributed by atoms with E-state index in [1.54, 1.807) is 6.92 Å². The summed E-state index contributed by atoms with van der Waals surface area (Å²) in [4.78, 5) is 61.2. The molecule has 0 aromatic carbocycles. The molecule has 2 rings (SSSR count). The number of imide groups is 2. The summed E-state index contributed by atoms with van der Waals surface area (Å²) in [6.45, 7) is 4.37. The van der Waals surface area contributed by atoms with E-state index in [0.29, 0.717) is 19.3 Å². The van der Waals surface area contributed by atoms with Crippen molar-refractivity contribution in [3.8, 4) is 0 Å². The molecule has 0 radical (unpaired) electrons. The zero-order valence-electron chi connectivity index (χ0n) is 15.7. The fourth-order valence-electron chi connectivity index (χ4n) is 3.10. The van der Waals surface area contributed by atoms with Gasteiger partial charge in [-0.1, -0.05) is 19.1 Å². The number of nitrogens with zero attached hydrogens (tertiary/aromatic N) is 1. The van der Waals surface area contributed by atoms with Crippen molar-refractivity contribution in [3.63, 3.8) is 0 Å². The van der Waals surface area contributed by atoms with Crippen LogP contribution < -0.4 is 10.6 Å². The van der Waals surface area contributed by atoms with Gasteiger partial charge in [-0.05, 0) is 33.1 Å². The van der Waals surface area contributed by atoms with Gasteiger partial charge < -0.3 is 10.1 Å². The maximum absolute atomic E-state index is 12.4. The first kappa shape index (κ1) is 20.6. The Morgan fingerprint density at radius 1 is 1.15 bits per heavy atom. The number of carbonyl (C=O) groups excluding carboxylic acids is 5. The quantitative estimate of drug-likeness (QED) is 0.394. The standard InChI is InChI=1S/C18H25N3O6/c1-4-10(2)19-18(26)20-14(22)9-27-17(25)11(3)21-15(23)12-7-5-6-8-13(12)16(21)24/h5-6,10-13H,4,7-9H2,1-3H3,(H2,19,20,22,26)/t10-,11+,12-,13+/m1/s1. The Morgan fingerprint density at radius 2 is 1.70 bits per heavy atom. The van der Waals surface area contributed by atoms with Gasteiger partial charge in [0.25, 0.3) is 5.91 Å². The van der Waals surface area contributed by atoms with Crippen molar-refractivity contribution in [3.05, 3.63) is 12.2 Å². The molecule has 1 fully saturated rings. The summed E-state index contributed by atoms with van der Waals surface area (Å²) in [5, 5.41) is 4.59. The molecule has 2 N–H and O–H groups in total. The highest BCUT2D eigenvalue weighted by Crippen LogP contribution is 2.36. The van der Waals surface area contributed by atoms with Crippen LogP contribution in [0.3, 0.4) is 0 Å². The number of amides is 5. The van der Waals surface area contributed by atoms with Crippen molar-refractivity contribution < 1.29 is 28.7 Å². The molecule has 9 nitrogen and oxygen atoms in total. The number of hydrogen-bond donors (Lipinski definition) is 2. The molecule has 1 aliphatic carbocycles. The predicted octanol–water partition coefficient (Wildman–Crippen LogP) is 0.494. The molecule has 5 amide bonds. The van der Waals surface area contributed by atoms with Gasteiger partial charge in [0.2, 0.25) is 11.8 Å². The minimum Gasteiger partial charge on any atom is -0.454 e. The maximum atomic E-state index is 12.4. The molecular weight excluding hydrogens is 354 g/mol. The number of urea groups is 1. The Hall–Kier alpha value is -2.71. The van der Waals surface area contributed by atoms with Crippen LogP contribution in [-0.4, -0.2) is 53.3 Å². The van der Waals surface area contributed by atoms with Crippen LogP contribution in [0.4, 0.5) is 4.79 Å². The topological polar surface area (TPSA) is 122 Å². The van der Waals surface area contributed by atoms with Crippen LogP contribution in [0.1, 0.15) is 40.0 Å². The van der Waals surface area contributed by atoms with Gasteiger partial charge in [0.05, 0.1) is 11.8 Å². The highest BCUT2D eigenvalue weighted by molar-refractivity contribution is 6.08. The number of fused-ring (bicyclic) bond motifs is 1. The molecule has 1 saturated heterocycles. The van der Waals surface area contributed by atoms with Crippen LogP contribution >= 0.6 is 0 Å². The smallest absolute Gasteiger partial charge is 0.329 e. The molecule has 27 heavy (non-hydrogen) atoms. The van der Waals surface area contributed by atoms with E-state index in [4.69, 9.17) is 4.74 Å². The molecule has 0 saturated carbocycles. The zero-order valence-corrected chi connectivity index (χ0v) is 15.7. The van der Waals surface area contributed by atoms with Crippen LogP contribution in [0.25, 0.3) is 0 Å². The van der Waals surface area contributed by atoms with Gasteiger partial charge in [-0.15, -0.1) is 0 Å². The summed E-state index contributed by atoms with van der Waals surface area (Å²) < 4.78 is 4.87. The lowest BCUT2D eigenvalue weighted by Crippen LogP contribution is -2.47. The van der Waals surface area contributed by atoms with Crippen LogP contribution in [0.15, 0.2) is 12.2 Å². The Kier molecular flexibility index (Phi) is 6.70.